The van der Waals surface area contributed by atoms with E-state index in [4.69, 9.17) is 4.74 Å². The lowest BCUT2D eigenvalue weighted by Crippen LogP contribution is -2.20. The van der Waals surface area contributed by atoms with Crippen LogP contribution in [-0.4, -0.2) is 22.2 Å². The summed E-state index contributed by atoms with van der Waals surface area (Å²) in [5.74, 6) is -1.66. The highest BCUT2D eigenvalue weighted by molar-refractivity contribution is 7.14. The van der Waals surface area contributed by atoms with E-state index in [1.54, 1.807) is 12.3 Å². The van der Waals surface area contributed by atoms with Crippen molar-refractivity contribution in [3.8, 4) is 16.3 Å². The zero-order valence-corrected chi connectivity index (χ0v) is 13.7. The molecule has 0 atom stereocenters. The van der Waals surface area contributed by atoms with Crippen molar-refractivity contribution in [1.29, 1.82) is 0 Å². The van der Waals surface area contributed by atoms with E-state index in [9.17, 15) is 14.3 Å². The minimum absolute atomic E-state index is 0.0711. The Morgan fingerprint density at radius 1 is 1.35 bits per heavy atom. The van der Waals surface area contributed by atoms with Gasteiger partial charge in [-0.25, -0.2) is 14.2 Å². The fourth-order valence-electron chi connectivity index (χ4n) is 2.83. The topological polar surface area (TPSA) is 59.4 Å². The summed E-state index contributed by atoms with van der Waals surface area (Å²) in [7, 11) is 0. The van der Waals surface area contributed by atoms with Gasteiger partial charge in [0.25, 0.3) is 0 Å². The Morgan fingerprint density at radius 3 is 2.70 bits per heavy atom. The molecule has 1 heterocycles. The van der Waals surface area contributed by atoms with E-state index < -0.39 is 11.8 Å². The highest BCUT2D eigenvalue weighted by Crippen LogP contribution is 2.34. The molecule has 6 heteroatoms. The highest BCUT2D eigenvalue weighted by Gasteiger charge is 2.22. The van der Waals surface area contributed by atoms with Crippen molar-refractivity contribution in [2.24, 2.45) is 0 Å². The van der Waals surface area contributed by atoms with Gasteiger partial charge in [-0.2, -0.15) is 0 Å². The van der Waals surface area contributed by atoms with Gasteiger partial charge in [-0.1, -0.05) is 6.42 Å². The normalized spacial score (nSPS) is 15.6. The van der Waals surface area contributed by atoms with Crippen LogP contribution >= 0.6 is 11.3 Å². The Balaban J connectivity index is 1.99. The smallest absolute Gasteiger partial charge is 0.338 e. The number of nitrogens with zero attached hydrogens (tertiary/aromatic N) is 1. The molecule has 2 aromatic rings. The molecule has 0 saturated heterocycles. The van der Waals surface area contributed by atoms with Gasteiger partial charge in [0.1, 0.15) is 16.6 Å². The number of benzene rings is 1. The molecule has 1 N–H and O–H groups in total. The molecular weight excluding hydrogens is 317 g/mol. The fourth-order valence-corrected chi connectivity index (χ4v) is 3.61. The van der Waals surface area contributed by atoms with Crippen molar-refractivity contribution in [2.75, 3.05) is 0 Å². The Bertz CT molecular complexity index is 723. The zero-order valence-electron chi connectivity index (χ0n) is 12.8. The van der Waals surface area contributed by atoms with E-state index in [1.165, 1.54) is 23.8 Å². The van der Waals surface area contributed by atoms with Crippen molar-refractivity contribution in [3.63, 3.8) is 0 Å². The second-order valence-corrected chi connectivity index (χ2v) is 7.03. The first kappa shape index (κ1) is 15.9. The van der Waals surface area contributed by atoms with Crippen LogP contribution in [0, 0.1) is 12.7 Å². The van der Waals surface area contributed by atoms with Gasteiger partial charge >= 0.3 is 5.97 Å². The second kappa shape index (κ2) is 6.66. The Hall–Kier alpha value is -1.95. The molecule has 1 aromatic carbocycles. The van der Waals surface area contributed by atoms with E-state index in [0.29, 0.717) is 10.8 Å². The van der Waals surface area contributed by atoms with Gasteiger partial charge < -0.3 is 9.84 Å². The molecule has 0 unspecified atom stereocenters. The number of hydrogen-bond donors (Lipinski definition) is 1. The third-order valence-corrected chi connectivity index (χ3v) is 4.93. The average Bonchev–Trinajstić information content (AvgIpc) is 2.96. The Kier molecular flexibility index (Phi) is 4.61. The van der Waals surface area contributed by atoms with Gasteiger partial charge in [-0.15, -0.1) is 11.3 Å². The minimum Gasteiger partial charge on any atom is -0.490 e. The molecule has 3 rings (SSSR count). The average molecular weight is 335 g/mol. The van der Waals surface area contributed by atoms with Gasteiger partial charge in [0.2, 0.25) is 0 Å². The van der Waals surface area contributed by atoms with Crippen molar-refractivity contribution in [3.05, 3.63) is 34.6 Å². The van der Waals surface area contributed by atoms with Gasteiger partial charge in [0.05, 0.1) is 17.2 Å². The molecule has 0 radical (unpaired) electrons. The number of carboxylic acid groups (broad SMARTS) is 1. The van der Waals surface area contributed by atoms with Gasteiger partial charge in [-0.05, 0) is 44.7 Å². The number of ether oxygens (including phenoxy) is 1. The molecule has 1 aliphatic rings. The largest absolute Gasteiger partial charge is 0.490 e. The van der Waals surface area contributed by atoms with Crippen molar-refractivity contribution in [1.82, 2.24) is 4.98 Å². The molecule has 0 aliphatic heterocycles. The van der Waals surface area contributed by atoms with Crippen LogP contribution in [0.1, 0.15) is 47.3 Å². The maximum Gasteiger partial charge on any atom is 0.338 e. The summed E-state index contributed by atoms with van der Waals surface area (Å²) in [5, 5.41) is 9.73. The Labute approximate surface area is 137 Å². The van der Waals surface area contributed by atoms with Crippen LogP contribution < -0.4 is 4.74 Å². The third kappa shape index (κ3) is 3.52. The summed E-state index contributed by atoms with van der Waals surface area (Å²) < 4.78 is 20.4. The van der Waals surface area contributed by atoms with Crippen LogP contribution in [-0.2, 0) is 0 Å². The quantitative estimate of drug-likeness (QED) is 0.882. The predicted molar refractivity (Wildman–Crippen MR) is 86.7 cm³/mol. The SMILES string of the molecule is Cc1cnc(-c2cc(OC3CCCCC3)cc(C(=O)O)c2F)s1. The Morgan fingerprint density at radius 2 is 2.09 bits per heavy atom. The van der Waals surface area contributed by atoms with Crippen LogP contribution in [0.5, 0.6) is 5.75 Å². The van der Waals surface area contributed by atoms with Crippen LogP contribution in [0.3, 0.4) is 0 Å². The molecule has 0 spiro atoms. The summed E-state index contributed by atoms with van der Waals surface area (Å²) in [6.45, 7) is 1.87. The van der Waals surface area contributed by atoms with Crippen molar-refractivity contribution in [2.45, 2.75) is 45.1 Å². The molecule has 1 aromatic heterocycles. The summed E-state index contributed by atoms with van der Waals surface area (Å²) in [6.07, 6.45) is 7.03. The zero-order chi connectivity index (χ0) is 16.4. The first-order chi connectivity index (χ1) is 11.0. The van der Waals surface area contributed by atoms with Crippen LogP contribution in [0.4, 0.5) is 4.39 Å². The monoisotopic (exact) mass is 335 g/mol. The number of aromatic nitrogens is 1. The molecule has 23 heavy (non-hydrogen) atoms. The molecule has 0 bridgehead atoms. The molecule has 4 nitrogen and oxygen atoms in total. The predicted octanol–water partition coefficient (Wildman–Crippen LogP) is 4.67. The lowest BCUT2D eigenvalue weighted by atomic mass is 9.97. The molecule has 0 amide bonds. The number of halogens is 1. The number of hydrogen-bond acceptors (Lipinski definition) is 4. The number of aromatic carboxylic acids is 1. The molecule has 1 saturated carbocycles. The van der Waals surface area contributed by atoms with E-state index in [1.807, 2.05) is 6.92 Å². The first-order valence-corrected chi connectivity index (χ1v) is 8.52. The second-order valence-electron chi connectivity index (χ2n) is 5.79. The van der Waals surface area contributed by atoms with Gasteiger partial charge in [-0.3, -0.25) is 0 Å². The van der Waals surface area contributed by atoms with E-state index in [2.05, 4.69) is 4.98 Å². The van der Waals surface area contributed by atoms with Crippen molar-refractivity contribution >= 4 is 17.3 Å². The van der Waals surface area contributed by atoms with Gasteiger partial charge in [0, 0.05) is 11.1 Å². The molecule has 1 aliphatic carbocycles. The van der Waals surface area contributed by atoms with Gasteiger partial charge in [0.15, 0.2) is 0 Å². The first-order valence-electron chi connectivity index (χ1n) is 7.71. The maximum atomic E-state index is 14.5. The summed E-state index contributed by atoms with van der Waals surface area (Å²) in [5.41, 5.74) is -0.185. The summed E-state index contributed by atoms with van der Waals surface area (Å²) in [6, 6.07) is 2.84. The fraction of sp³-hybridized carbons (Fsp3) is 0.412. The standard InChI is InChI=1S/C17H18FNO3S/c1-10-9-19-16(23-10)13-7-12(8-14(15(13)18)17(20)21)22-11-5-3-2-4-6-11/h7-9,11H,2-6H2,1H3,(H,20,21). The third-order valence-electron chi connectivity index (χ3n) is 3.98. The van der Waals surface area contributed by atoms with E-state index >= 15 is 0 Å². The summed E-state index contributed by atoms with van der Waals surface area (Å²) in [4.78, 5) is 16.4. The van der Waals surface area contributed by atoms with Crippen LogP contribution in [0.15, 0.2) is 18.3 Å². The number of thiazole rings is 1. The molecule has 1 fully saturated rings. The number of rotatable bonds is 4. The van der Waals surface area contributed by atoms with Crippen molar-refractivity contribution < 1.29 is 19.0 Å². The number of carboxylic acids is 1. The maximum absolute atomic E-state index is 14.5. The summed E-state index contributed by atoms with van der Waals surface area (Å²) >= 11 is 1.33. The number of aryl methyl sites for hydroxylation is 1. The molecule has 122 valence electrons. The lowest BCUT2D eigenvalue weighted by molar-refractivity contribution is 0.0690. The molecular formula is C17H18FNO3S. The van der Waals surface area contributed by atoms with E-state index in [0.717, 1.165) is 30.6 Å². The van der Waals surface area contributed by atoms with Crippen LogP contribution in [0.25, 0.3) is 10.6 Å². The van der Waals surface area contributed by atoms with E-state index in [-0.39, 0.29) is 17.2 Å². The van der Waals surface area contributed by atoms with Crippen LogP contribution in [0.2, 0.25) is 0 Å². The minimum atomic E-state index is -1.30. The number of carbonyl (C=O) groups is 1. The lowest BCUT2D eigenvalue weighted by Gasteiger charge is -2.23. The highest BCUT2D eigenvalue weighted by atomic mass is 32.1.